The molecule has 0 spiro atoms. The molecule has 0 aliphatic rings. The minimum Gasteiger partial charge on any atom is -0.366 e. The van der Waals surface area contributed by atoms with Gasteiger partial charge in [-0.05, 0) is 24.6 Å². The normalized spacial score (nSPS) is 10.8. The zero-order valence-corrected chi connectivity index (χ0v) is 19.2. The van der Waals surface area contributed by atoms with Crippen LogP contribution in [0, 0.1) is 0 Å². The molecule has 1 aromatic carbocycles. The lowest BCUT2D eigenvalue weighted by molar-refractivity contribution is 0.0953. The zero-order valence-electron chi connectivity index (χ0n) is 19.2. The van der Waals surface area contributed by atoms with Gasteiger partial charge in [0.2, 0.25) is 5.91 Å². The number of benzene rings is 1. The van der Waals surface area contributed by atoms with Crippen molar-refractivity contribution in [1.29, 1.82) is 0 Å². The van der Waals surface area contributed by atoms with Crippen LogP contribution < -0.4 is 11.1 Å². The largest absolute Gasteiger partial charge is 0.366 e. The Morgan fingerprint density at radius 1 is 0.700 bits per heavy atom. The first-order valence-corrected chi connectivity index (χ1v) is 12.3. The highest BCUT2D eigenvalue weighted by Crippen LogP contribution is 2.13. The molecule has 0 fully saturated rings. The molecule has 4 nitrogen and oxygen atoms in total. The van der Waals surface area contributed by atoms with Crippen LogP contribution in [0.2, 0.25) is 0 Å². The van der Waals surface area contributed by atoms with E-state index in [9.17, 15) is 9.59 Å². The lowest BCUT2D eigenvalue weighted by Crippen LogP contribution is -2.25. The second kappa shape index (κ2) is 18.0. The molecule has 0 aliphatic heterocycles. The number of carbonyl (C=O) groups is 2. The summed E-state index contributed by atoms with van der Waals surface area (Å²) in [5.74, 6) is -0.651. The van der Waals surface area contributed by atoms with E-state index < -0.39 is 5.91 Å². The van der Waals surface area contributed by atoms with Crippen molar-refractivity contribution in [3.8, 4) is 0 Å². The molecule has 0 heterocycles. The molecule has 0 saturated heterocycles. The van der Waals surface area contributed by atoms with Crippen molar-refractivity contribution in [3.63, 3.8) is 0 Å². The Balaban J connectivity index is 1.87. The van der Waals surface area contributed by atoms with E-state index in [2.05, 4.69) is 12.2 Å². The minimum absolute atomic E-state index is 0.140. The summed E-state index contributed by atoms with van der Waals surface area (Å²) < 4.78 is 0. The van der Waals surface area contributed by atoms with Gasteiger partial charge in [0.05, 0.1) is 0 Å². The van der Waals surface area contributed by atoms with Crippen molar-refractivity contribution in [2.45, 2.75) is 110 Å². The van der Waals surface area contributed by atoms with Crippen LogP contribution in [0.4, 0.5) is 0 Å². The van der Waals surface area contributed by atoms with Crippen molar-refractivity contribution in [2.75, 3.05) is 6.54 Å². The molecule has 1 rings (SSSR count). The summed E-state index contributed by atoms with van der Waals surface area (Å²) in [7, 11) is 0. The molecule has 0 aliphatic carbocycles. The highest BCUT2D eigenvalue weighted by molar-refractivity contribution is 5.99. The van der Waals surface area contributed by atoms with Crippen LogP contribution in [0.5, 0.6) is 0 Å². The third kappa shape index (κ3) is 13.4. The van der Waals surface area contributed by atoms with E-state index in [0.717, 1.165) is 12.8 Å². The summed E-state index contributed by atoms with van der Waals surface area (Å²) in [5, 5.41) is 2.92. The number of amides is 2. The van der Waals surface area contributed by atoms with Gasteiger partial charge in [-0.15, -0.1) is 0 Å². The summed E-state index contributed by atoms with van der Waals surface area (Å²) in [5.41, 5.74) is 6.11. The molecule has 1 aromatic rings. The number of rotatable bonds is 19. The lowest BCUT2D eigenvalue weighted by atomic mass is 10.0. The van der Waals surface area contributed by atoms with Gasteiger partial charge < -0.3 is 11.1 Å². The van der Waals surface area contributed by atoms with Crippen LogP contribution in [-0.4, -0.2) is 18.4 Å². The average Bonchev–Trinajstić information content (AvgIpc) is 2.75. The quantitative estimate of drug-likeness (QED) is 0.244. The summed E-state index contributed by atoms with van der Waals surface area (Å²) in [6.07, 6.45) is 21.5. The fraction of sp³-hybridized carbons (Fsp3) is 0.692. The van der Waals surface area contributed by atoms with Crippen LogP contribution in [0.25, 0.3) is 0 Å². The van der Waals surface area contributed by atoms with Crippen LogP contribution >= 0.6 is 0 Å². The standard InChI is InChI=1S/C26H44N2O2/c1-2-3-4-5-6-7-8-9-10-11-12-13-14-15-16-17-21-28-26(30)24-20-18-19-23(22-24)25(27)29/h18-20,22H,2-17,21H2,1H3,(H2,27,29)(H,28,30). The van der Waals surface area contributed by atoms with Gasteiger partial charge in [-0.1, -0.05) is 109 Å². The Kier molecular flexibility index (Phi) is 15.7. The first kappa shape index (κ1) is 26.2. The van der Waals surface area contributed by atoms with Crippen molar-refractivity contribution in [2.24, 2.45) is 5.73 Å². The van der Waals surface area contributed by atoms with E-state index in [1.54, 1.807) is 24.3 Å². The molecule has 2 amide bonds. The molecule has 0 atom stereocenters. The molecular formula is C26H44N2O2. The van der Waals surface area contributed by atoms with Crippen molar-refractivity contribution >= 4 is 11.8 Å². The van der Waals surface area contributed by atoms with Crippen LogP contribution in [0.3, 0.4) is 0 Å². The first-order valence-electron chi connectivity index (χ1n) is 12.3. The maximum atomic E-state index is 12.1. The van der Waals surface area contributed by atoms with E-state index in [-0.39, 0.29) is 5.91 Å². The monoisotopic (exact) mass is 416 g/mol. The number of unbranched alkanes of at least 4 members (excludes halogenated alkanes) is 15. The van der Waals surface area contributed by atoms with E-state index >= 15 is 0 Å². The van der Waals surface area contributed by atoms with Gasteiger partial charge in [-0.3, -0.25) is 9.59 Å². The lowest BCUT2D eigenvalue weighted by Gasteiger charge is -2.06. The zero-order chi connectivity index (χ0) is 21.9. The Hall–Kier alpha value is -1.84. The number of hydrogen-bond acceptors (Lipinski definition) is 2. The SMILES string of the molecule is CCCCCCCCCCCCCCCCCCNC(=O)c1cccc(C(N)=O)c1. The number of nitrogens with two attached hydrogens (primary N) is 1. The molecule has 170 valence electrons. The first-order chi connectivity index (χ1) is 14.6. The van der Waals surface area contributed by atoms with E-state index in [0.29, 0.717) is 17.7 Å². The van der Waals surface area contributed by atoms with E-state index in [1.807, 2.05) is 0 Å². The Morgan fingerprint density at radius 3 is 1.60 bits per heavy atom. The van der Waals surface area contributed by atoms with Gasteiger partial charge in [0.15, 0.2) is 0 Å². The fourth-order valence-electron chi connectivity index (χ4n) is 3.79. The maximum Gasteiger partial charge on any atom is 0.251 e. The minimum atomic E-state index is -0.512. The maximum absolute atomic E-state index is 12.1. The Morgan fingerprint density at radius 2 is 1.13 bits per heavy atom. The van der Waals surface area contributed by atoms with Crippen LogP contribution in [0.15, 0.2) is 24.3 Å². The van der Waals surface area contributed by atoms with Crippen molar-refractivity contribution in [3.05, 3.63) is 35.4 Å². The highest BCUT2D eigenvalue weighted by Gasteiger charge is 2.07. The van der Waals surface area contributed by atoms with E-state index in [1.165, 1.54) is 89.9 Å². The fourth-order valence-corrected chi connectivity index (χ4v) is 3.79. The topological polar surface area (TPSA) is 72.2 Å². The second-order valence-electron chi connectivity index (χ2n) is 8.50. The molecule has 0 bridgehead atoms. The number of nitrogens with one attached hydrogen (secondary N) is 1. The number of carbonyl (C=O) groups excluding carboxylic acids is 2. The van der Waals surface area contributed by atoms with Crippen molar-refractivity contribution in [1.82, 2.24) is 5.32 Å². The molecule has 0 aromatic heterocycles. The van der Waals surface area contributed by atoms with Crippen LogP contribution in [-0.2, 0) is 0 Å². The Labute approximate surface area is 184 Å². The molecule has 4 heteroatoms. The number of primary amides is 1. The average molecular weight is 417 g/mol. The molecular weight excluding hydrogens is 372 g/mol. The highest BCUT2D eigenvalue weighted by atomic mass is 16.2. The molecule has 3 N–H and O–H groups in total. The van der Waals surface area contributed by atoms with Crippen LogP contribution in [0.1, 0.15) is 130 Å². The second-order valence-corrected chi connectivity index (χ2v) is 8.50. The summed E-state index contributed by atoms with van der Waals surface area (Å²) in [6.45, 7) is 2.95. The van der Waals surface area contributed by atoms with Crippen molar-refractivity contribution < 1.29 is 9.59 Å². The predicted octanol–water partition coefficient (Wildman–Crippen LogP) is 6.78. The van der Waals surface area contributed by atoms with Gasteiger partial charge in [-0.2, -0.15) is 0 Å². The van der Waals surface area contributed by atoms with Gasteiger partial charge in [-0.25, -0.2) is 0 Å². The summed E-state index contributed by atoms with van der Waals surface area (Å²) in [4.78, 5) is 23.3. The molecule has 30 heavy (non-hydrogen) atoms. The van der Waals surface area contributed by atoms with Gasteiger partial charge in [0.25, 0.3) is 5.91 Å². The predicted molar refractivity (Wildman–Crippen MR) is 127 cm³/mol. The van der Waals surface area contributed by atoms with Gasteiger partial charge >= 0.3 is 0 Å². The molecule has 0 radical (unpaired) electrons. The van der Waals surface area contributed by atoms with Gasteiger partial charge in [0.1, 0.15) is 0 Å². The molecule has 0 unspecified atom stereocenters. The third-order valence-corrected chi connectivity index (χ3v) is 5.73. The summed E-state index contributed by atoms with van der Waals surface area (Å²) >= 11 is 0. The third-order valence-electron chi connectivity index (χ3n) is 5.73. The van der Waals surface area contributed by atoms with Gasteiger partial charge in [0, 0.05) is 17.7 Å². The molecule has 0 saturated carbocycles. The Bertz CT molecular complexity index is 586. The number of hydrogen-bond donors (Lipinski definition) is 2. The smallest absolute Gasteiger partial charge is 0.251 e. The summed E-state index contributed by atoms with van der Waals surface area (Å²) in [6, 6.07) is 6.55. The van der Waals surface area contributed by atoms with E-state index in [4.69, 9.17) is 5.73 Å².